The number of rotatable bonds is 12. The highest BCUT2D eigenvalue weighted by molar-refractivity contribution is 4.65. The third kappa shape index (κ3) is 11.7. The normalized spacial score (nSPS) is 13.9. The fraction of sp³-hybridized carbons (Fsp3) is 1.00. The van der Waals surface area contributed by atoms with E-state index in [4.69, 9.17) is 4.74 Å². The largest absolute Gasteiger partial charge is 0.381 e. The monoisotopic (exact) mass is 285 g/mol. The summed E-state index contributed by atoms with van der Waals surface area (Å²) in [7, 11) is 1.87. The molecule has 0 aromatic carbocycles. The molecule has 0 aliphatic heterocycles. The Labute approximate surface area is 128 Å². The van der Waals surface area contributed by atoms with Gasteiger partial charge in [0.05, 0.1) is 6.10 Å². The lowest BCUT2D eigenvalue weighted by Gasteiger charge is -2.21. The molecule has 0 spiro atoms. The van der Waals surface area contributed by atoms with E-state index < -0.39 is 0 Å². The summed E-state index contributed by atoms with van der Waals surface area (Å²) in [5.74, 6) is 0. The molecule has 122 valence electrons. The topological polar surface area (TPSA) is 12.5 Å². The van der Waals surface area contributed by atoms with E-state index in [1.165, 1.54) is 64.6 Å². The first-order valence-corrected chi connectivity index (χ1v) is 8.68. The number of hydrogen-bond donors (Lipinski definition) is 0. The van der Waals surface area contributed by atoms with Crippen LogP contribution < -0.4 is 0 Å². The molecule has 2 nitrogen and oxygen atoms in total. The molecule has 0 bridgehead atoms. The summed E-state index contributed by atoms with van der Waals surface area (Å²) in [6, 6.07) is 0. The number of methoxy groups -OCH3 is 1. The van der Waals surface area contributed by atoms with E-state index in [1.807, 2.05) is 7.11 Å². The lowest BCUT2D eigenvalue weighted by Crippen LogP contribution is -2.23. The molecule has 0 saturated carbocycles. The van der Waals surface area contributed by atoms with Gasteiger partial charge in [-0.25, -0.2) is 0 Å². The minimum atomic E-state index is 0.460. The van der Waals surface area contributed by atoms with Gasteiger partial charge in [0.2, 0.25) is 0 Å². The molecule has 20 heavy (non-hydrogen) atoms. The van der Waals surface area contributed by atoms with Crippen LogP contribution in [0.15, 0.2) is 0 Å². The summed E-state index contributed by atoms with van der Waals surface area (Å²) >= 11 is 0. The summed E-state index contributed by atoms with van der Waals surface area (Å²) in [6.45, 7) is 15.1. The van der Waals surface area contributed by atoms with Crippen molar-refractivity contribution in [2.45, 2.75) is 85.7 Å². The van der Waals surface area contributed by atoms with Crippen molar-refractivity contribution in [3.8, 4) is 0 Å². The van der Waals surface area contributed by atoms with Gasteiger partial charge in [-0.3, -0.25) is 0 Å². The van der Waals surface area contributed by atoms with Crippen molar-refractivity contribution in [2.24, 2.45) is 5.41 Å². The smallest absolute Gasteiger partial charge is 0.0571 e. The van der Waals surface area contributed by atoms with Gasteiger partial charge < -0.3 is 9.64 Å². The van der Waals surface area contributed by atoms with Gasteiger partial charge in [0.15, 0.2) is 0 Å². The van der Waals surface area contributed by atoms with E-state index in [1.54, 1.807) is 0 Å². The zero-order valence-corrected chi connectivity index (χ0v) is 15.0. The molecule has 0 N–H and O–H groups in total. The highest BCUT2D eigenvalue weighted by Crippen LogP contribution is 2.23. The van der Waals surface area contributed by atoms with Crippen molar-refractivity contribution in [3.63, 3.8) is 0 Å². The molecule has 0 saturated heterocycles. The van der Waals surface area contributed by atoms with E-state index in [0.29, 0.717) is 11.5 Å². The van der Waals surface area contributed by atoms with E-state index in [0.717, 1.165) is 0 Å². The Morgan fingerprint density at radius 1 is 0.900 bits per heavy atom. The molecule has 0 rings (SSSR count). The maximum absolute atomic E-state index is 5.62. The van der Waals surface area contributed by atoms with Gasteiger partial charge in [0, 0.05) is 7.11 Å². The minimum absolute atomic E-state index is 0.460. The number of ether oxygens (including phenoxy) is 1. The fourth-order valence-corrected chi connectivity index (χ4v) is 2.66. The summed E-state index contributed by atoms with van der Waals surface area (Å²) < 4.78 is 5.62. The van der Waals surface area contributed by atoms with Crippen LogP contribution in [0, 0.1) is 5.41 Å². The van der Waals surface area contributed by atoms with Crippen LogP contribution in [0.1, 0.15) is 79.6 Å². The van der Waals surface area contributed by atoms with Crippen LogP contribution >= 0.6 is 0 Å². The molecule has 0 aliphatic rings. The maximum Gasteiger partial charge on any atom is 0.0571 e. The van der Waals surface area contributed by atoms with Crippen molar-refractivity contribution in [1.82, 2.24) is 4.90 Å². The van der Waals surface area contributed by atoms with Gasteiger partial charge in [-0.1, -0.05) is 53.9 Å². The van der Waals surface area contributed by atoms with Gasteiger partial charge in [-0.05, 0) is 50.7 Å². The second-order valence-electron chi connectivity index (χ2n) is 7.19. The van der Waals surface area contributed by atoms with Crippen molar-refractivity contribution in [1.29, 1.82) is 0 Å². The van der Waals surface area contributed by atoms with Crippen molar-refractivity contribution in [3.05, 3.63) is 0 Å². The molecule has 0 aromatic heterocycles. The van der Waals surface area contributed by atoms with E-state index in [-0.39, 0.29) is 0 Å². The SMILES string of the molecule is CCN(CC)CCCCC[C@H](CCCC(C)(C)C)OC. The van der Waals surface area contributed by atoms with Crippen LogP contribution in [0.5, 0.6) is 0 Å². The van der Waals surface area contributed by atoms with Crippen LogP contribution in [-0.2, 0) is 4.74 Å². The molecule has 1 atom stereocenters. The predicted molar refractivity (Wildman–Crippen MR) is 90.4 cm³/mol. The van der Waals surface area contributed by atoms with Crippen LogP contribution in [0.25, 0.3) is 0 Å². The molecular weight excluding hydrogens is 246 g/mol. The molecule has 0 radical (unpaired) electrons. The Bertz CT molecular complexity index is 206. The Morgan fingerprint density at radius 3 is 2.00 bits per heavy atom. The summed E-state index contributed by atoms with van der Waals surface area (Å²) in [5.41, 5.74) is 0.460. The van der Waals surface area contributed by atoms with Crippen molar-refractivity contribution >= 4 is 0 Å². The molecule has 0 unspecified atom stereocenters. The maximum atomic E-state index is 5.62. The van der Waals surface area contributed by atoms with Crippen LogP contribution in [-0.4, -0.2) is 37.7 Å². The minimum Gasteiger partial charge on any atom is -0.381 e. The summed E-state index contributed by atoms with van der Waals surface area (Å²) in [4.78, 5) is 2.51. The molecule has 0 fully saturated rings. The van der Waals surface area contributed by atoms with Crippen LogP contribution in [0.3, 0.4) is 0 Å². The van der Waals surface area contributed by atoms with Crippen molar-refractivity contribution in [2.75, 3.05) is 26.7 Å². The molecule has 2 heteroatoms. The average Bonchev–Trinajstić information content (AvgIpc) is 2.39. The van der Waals surface area contributed by atoms with Crippen molar-refractivity contribution < 1.29 is 4.74 Å². The first-order chi connectivity index (χ1) is 9.42. The quantitative estimate of drug-likeness (QED) is 0.461. The lowest BCUT2D eigenvalue weighted by molar-refractivity contribution is 0.0807. The van der Waals surface area contributed by atoms with Gasteiger partial charge >= 0.3 is 0 Å². The Kier molecular flexibility index (Phi) is 11.5. The standard InChI is InChI=1S/C18H39NO/c1-7-19(8-2)16-11-9-10-13-17(20-6)14-12-15-18(3,4)5/h17H,7-16H2,1-6H3/t17-/m1/s1. The number of unbranched alkanes of at least 4 members (excludes halogenated alkanes) is 2. The molecule has 0 amide bonds. The van der Waals surface area contributed by atoms with Gasteiger partial charge in [0.25, 0.3) is 0 Å². The Hall–Kier alpha value is -0.0800. The van der Waals surface area contributed by atoms with Crippen LogP contribution in [0.4, 0.5) is 0 Å². The molecule has 0 aromatic rings. The molecule has 0 aliphatic carbocycles. The van der Waals surface area contributed by atoms with E-state index in [9.17, 15) is 0 Å². The third-order valence-electron chi connectivity index (χ3n) is 4.18. The predicted octanol–water partition coefficient (Wildman–Crippen LogP) is 5.12. The lowest BCUT2D eigenvalue weighted by atomic mass is 9.89. The van der Waals surface area contributed by atoms with Gasteiger partial charge in [-0.15, -0.1) is 0 Å². The second kappa shape index (κ2) is 11.6. The van der Waals surface area contributed by atoms with Crippen LogP contribution in [0.2, 0.25) is 0 Å². The molecule has 0 heterocycles. The Morgan fingerprint density at radius 2 is 1.50 bits per heavy atom. The Balaban J connectivity index is 3.59. The number of hydrogen-bond acceptors (Lipinski definition) is 2. The van der Waals surface area contributed by atoms with E-state index >= 15 is 0 Å². The zero-order valence-electron chi connectivity index (χ0n) is 15.0. The first kappa shape index (κ1) is 19.9. The zero-order chi connectivity index (χ0) is 15.4. The fourth-order valence-electron chi connectivity index (χ4n) is 2.66. The second-order valence-corrected chi connectivity index (χ2v) is 7.19. The average molecular weight is 286 g/mol. The highest BCUT2D eigenvalue weighted by Gasteiger charge is 2.12. The number of nitrogens with zero attached hydrogens (tertiary/aromatic N) is 1. The first-order valence-electron chi connectivity index (χ1n) is 8.68. The van der Waals surface area contributed by atoms with Gasteiger partial charge in [-0.2, -0.15) is 0 Å². The summed E-state index contributed by atoms with van der Waals surface area (Å²) in [5, 5.41) is 0. The molecular formula is C18H39NO. The summed E-state index contributed by atoms with van der Waals surface area (Å²) in [6.07, 6.45) is 9.52. The highest BCUT2D eigenvalue weighted by atomic mass is 16.5. The third-order valence-corrected chi connectivity index (χ3v) is 4.18. The van der Waals surface area contributed by atoms with Gasteiger partial charge in [0.1, 0.15) is 0 Å². The van der Waals surface area contributed by atoms with E-state index in [2.05, 4.69) is 39.5 Å².